The number of rotatable bonds is 6. The molecule has 0 spiro atoms. The van der Waals surface area contributed by atoms with Crippen molar-refractivity contribution in [1.29, 1.82) is 0 Å². The zero-order valence-corrected chi connectivity index (χ0v) is 12.3. The second-order valence-corrected chi connectivity index (χ2v) is 5.95. The van der Waals surface area contributed by atoms with Crippen molar-refractivity contribution in [2.75, 3.05) is 14.1 Å². The van der Waals surface area contributed by atoms with Crippen molar-refractivity contribution < 1.29 is 0 Å². The first kappa shape index (κ1) is 14.6. The number of aromatic nitrogens is 1. The van der Waals surface area contributed by atoms with Gasteiger partial charge in [-0.25, -0.2) is 4.98 Å². The lowest BCUT2D eigenvalue weighted by Crippen LogP contribution is -2.59. The molecule has 5 heteroatoms. The average Bonchev–Trinajstić information content (AvgIpc) is 2.70. The standard InChI is InChI=1S/C12H24N4S/c1-6-12(3,16(4)5)11(15-13)7-10-8-17-9(2)14-10/h8,11,15H,6-7,13H2,1-5H3. The van der Waals surface area contributed by atoms with Gasteiger partial charge in [0, 0.05) is 23.4 Å². The Balaban J connectivity index is 2.83. The molecule has 0 radical (unpaired) electrons. The number of aryl methyl sites for hydroxylation is 1. The summed E-state index contributed by atoms with van der Waals surface area (Å²) in [5, 5.41) is 3.23. The number of nitrogens with zero attached hydrogens (tertiary/aromatic N) is 2. The molecule has 17 heavy (non-hydrogen) atoms. The second kappa shape index (κ2) is 5.91. The lowest BCUT2D eigenvalue weighted by atomic mass is 9.85. The van der Waals surface area contributed by atoms with Gasteiger partial charge in [0.25, 0.3) is 0 Å². The van der Waals surface area contributed by atoms with Gasteiger partial charge in [-0.05, 0) is 34.4 Å². The Morgan fingerprint density at radius 3 is 2.59 bits per heavy atom. The van der Waals surface area contributed by atoms with E-state index in [0.717, 1.165) is 23.5 Å². The van der Waals surface area contributed by atoms with E-state index in [1.165, 1.54) is 0 Å². The molecule has 1 heterocycles. The fourth-order valence-corrected chi connectivity index (χ4v) is 2.67. The van der Waals surface area contributed by atoms with E-state index >= 15 is 0 Å². The molecule has 0 fully saturated rings. The van der Waals surface area contributed by atoms with Crippen molar-refractivity contribution in [1.82, 2.24) is 15.3 Å². The molecule has 2 unspecified atom stereocenters. The Morgan fingerprint density at radius 1 is 1.59 bits per heavy atom. The maximum Gasteiger partial charge on any atom is 0.0897 e. The number of hydrogen-bond donors (Lipinski definition) is 2. The zero-order valence-electron chi connectivity index (χ0n) is 11.4. The van der Waals surface area contributed by atoms with Gasteiger partial charge in [0.2, 0.25) is 0 Å². The van der Waals surface area contributed by atoms with E-state index in [1.807, 2.05) is 6.92 Å². The number of thiazole rings is 1. The molecule has 2 atom stereocenters. The molecule has 0 aliphatic heterocycles. The van der Waals surface area contributed by atoms with Crippen molar-refractivity contribution >= 4 is 11.3 Å². The minimum absolute atomic E-state index is 0.0340. The third kappa shape index (κ3) is 3.25. The van der Waals surface area contributed by atoms with E-state index in [-0.39, 0.29) is 11.6 Å². The number of nitrogens with two attached hydrogens (primary N) is 1. The highest BCUT2D eigenvalue weighted by molar-refractivity contribution is 7.09. The quantitative estimate of drug-likeness (QED) is 0.599. The second-order valence-electron chi connectivity index (χ2n) is 4.89. The smallest absolute Gasteiger partial charge is 0.0897 e. The molecular formula is C12H24N4S. The Morgan fingerprint density at radius 2 is 2.24 bits per heavy atom. The van der Waals surface area contributed by atoms with Crippen LogP contribution in [0, 0.1) is 6.92 Å². The van der Waals surface area contributed by atoms with Crippen LogP contribution in [0.1, 0.15) is 31.0 Å². The van der Waals surface area contributed by atoms with Crippen LogP contribution in [0.2, 0.25) is 0 Å². The van der Waals surface area contributed by atoms with E-state index in [2.05, 4.69) is 48.6 Å². The Labute approximate surface area is 108 Å². The number of likely N-dealkylation sites (N-methyl/N-ethyl adjacent to an activating group) is 1. The van der Waals surface area contributed by atoms with E-state index in [4.69, 9.17) is 5.84 Å². The van der Waals surface area contributed by atoms with Crippen LogP contribution in [0.3, 0.4) is 0 Å². The Bertz CT molecular complexity index is 350. The molecule has 0 saturated heterocycles. The topological polar surface area (TPSA) is 54.2 Å². The van der Waals surface area contributed by atoms with Crippen molar-refractivity contribution in [3.8, 4) is 0 Å². The number of hydrogen-bond acceptors (Lipinski definition) is 5. The van der Waals surface area contributed by atoms with Gasteiger partial charge in [0.05, 0.1) is 10.7 Å². The van der Waals surface area contributed by atoms with Crippen molar-refractivity contribution in [2.45, 2.75) is 45.2 Å². The third-order valence-corrected chi connectivity index (χ3v) is 4.59. The molecule has 0 aliphatic carbocycles. The monoisotopic (exact) mass is 256 g/mol. The molecule has 0 aliphatic rings. The largest absolute Gasteiger partial charge is 0.302 e. The van der Waals surface area contributed by atoms with Gasteiger partial charge >= 0.3 is 0 Å². The molecule has 1 aromatic rings. The highest BCUT2D eigenvalue weighted by atomic mass is 32.1. The number of hydrazine groups is 1. The summed E-state index contributed by atoms with van der Waals surface area (Å²) in [6.07, 6.45) is 1.90. The van der Waals surface area contributed by atoms with Crippen LogP contribution < -0.4 is 11.3 Å². The van der Waals surface area contributed by atoms with Crippen molar-refractivity contribution in [3.05, 3.63) is 16.1 Å². The maximum absolute atomic E-state index is 5.73. The summed E-state index contributed by atoms with van der Waals surface area (Å²) in [6.45, 7) is 6.46. The summed E-state index contributed by atoms with van der Waals surface area (Å²) >= 11 is 1.69. The fourth-order valence-electron chi connectivity index (χ4n) is 2.04. The van der Waals surface area contributed by atoms with Crippen LogP contribution >= 0.6 is 11.3 Å². The first-order chi connectivity index (χ1) is 7.93. The summed E-state index contributed by atoms with van der Waals surface area (Å²) in [5.74, 6) is 5.73. The van der Waals surface area contributed by atoms with Gasteiger partial charge in [-0.3, -0.25) is 11.3 Å². The van der Waals surface area contributed by atoms with Crippen LogP contribution in [0.5, 0.6) is 0 Å². The molecule has 4 nitrogen and oxygen atoms in total. The minimum Gasteiger partial charge on any atom is -0.302 e. The van der Waals surface area contributed by atoms with E-state index in [1.54, 1.807) is 11.3 Å². The molecule has 1 aromatic heterocycles. The maximum atomic E-state index is 5.73. The SMILES string of the molecule is CCC(C)(C(Cc1csc(C)n1)NN)N(C)C. The van der Waals surface area contributed by atoms with Gasteiger partial charge < -0.3 is 4.90 Å². The van der Waals surface area contributed by atoms with Gasteiger partial charge in [-0.15, -0.1) is 11.3 Å². The molecule has 0 bridgehead atoms. The van der Waals surface area contributed by atoms with E-state index < -0.39 is 0 Å². The van der Waals surface area contributed by atoms with Crippen LogP contribution in [-0.4, -0.2) is 35.6 Å². The van der Waals surface area contributed by atoms with Crippen LogP contribution in [0.15, 0.2) is 5.38 Å². The molecule has 98 valence electrons. The molecule has 0 saturated carbocycles. The first-order valence-electron chi connectivity index (χ1n) is 5.98. The minimum atomic E-state index is 0.0340. The first-order valence-corrected chi connectivity index (χ1v) is 6.86. The van der Waals surface area contributed by atoms with Gasteiger partial charge in [-0.2, -0.15) is 0 Å². The molecule has 0 aromatic carbocycles. The van der Waals surface area contributed by atoms with Gasteiger partial charge in [0.1, 0.15) is 0 Å². The molecular weight excluding hydrogens is 232 g/mol. The zero-order chi connectivity index (χ0) is 13.1. The molecule has 0 amide bonds. The van der Waals surface area contributed by atoms with E-state index in [9.17, 15) is 0 Å². The highest BCUT2D eigenvalue weighted by Gasteiger charge is 2.34. The molecule has 1 rings (SSSR count). The Kier molecular flexibility index (Phi) is 5.06. The summed E-state index contributed by atoms with van der Waals surface area (Å²) in [6, 6.07) is 0.198. The predicted octanol–water partition coefficient (Wildman–Crippen LogP) is 1.56. The lowest BCUT2D eigenvalue weighted by molar-refractivity contribution is 0.112. The van der Waals surface area contributed by atoms with Crippen LogP contribution in [0.4, 0.5) is 0 Å². The lowest BCUT2D eigenvalue weighted by Gasteiger charge is -2.42. The summed E-state index contributed by atoms with van der Waals surface area (Å²) < 4.78 is 0. The fraction of sp³-hybridized carbons (Fsp3) is 0.750. The van der Waals surface area contributed by atoms with Crippen molar-refractivity contribution in [3.63, 3.8) is 0 Å². The van der Waals surface area contributed by atoms with Gasteiger partial charge in [-0.1, -0.05) is 6.92 Å². The normalized spacial score (nSPS) is 17.1. The summed E-state index contributed by atoms with van der Waals surface area (Å²) in [5.41, 5.74) is 4.11. The van der Waals surface area contributed by atoms with Gasteiger partial charge in [0.15, 0.2) is 0 Å². The van der Waals surface area contributed by atoms with E-state index in [0.29, 0.717) is 0 Å². The van der Waals surface area contributed by atoms with Crippen LogP contribution in [-0.2, 0) is 6.42 Å². The highest BCUT2D eigenvalue weighted by Crippen LogP contribution is 2.23. The third-order valence-electron chi connectivity index (χ3n) is 3.77. The molecule has 3 N–H and O–H groups in total. The summed E-state index contributed by atoms with van der Waals surface area (Å²) in [7, 11) is 4.19. The Hall–Kier alpha value is -0.490. The van der Waals surface area contributed by atoms with Crippen LogP contribution in [0.25, 0.3) is 0 Å². The average molecular weight is 256 g/mol. The summed E-state index contributed by atoms with van der Waals surface area (Å²) in [4.78, 5) is 6.74. The number of nitrogens with one attached hydrogen (secondary N) is 1. The predicted molar refractivity (Wildman–Crippen MR) is 74.0 cm³/mol. The van der Waals surface area contributed by atoms with Crippen molar-refractivity contribution in [2.24, 2.45) is 5.84 Å².